The number of hydrogen-bond acceptors (Lipinski definition) is 1. The zero-order valence-corrected chi connectivity index (χ0v) is 22.4. The minimum atomic E-state index is 0. The van der Waals surface area contributed by atoms with Crippen molar-refractivity contribution in [1.82, 2.24) is 6.15 Å². The van der Waals surface area contributed by atoms with Crippen LogP contribution in [0.4, 0.5) is 0 Å². The molecule has 0 saturated carbocycles. The third-order valence-electron chi connectivity index (χ3n) is 6.89. The normalized spacial score (nSPS) is 11.0. The molecule has 0 aliphatic carbocycles. The molecule has 0 aromatic heterocycles. The zero-order chi connectivity index (χ0) is 22.0. The first-order valence-corrected chi connectivity index (χ1v) is 13.9. The Hall–Kier alpha value is -0.530. The first-order valence-electron chi connectivity index (χ1n) is 13.3. The van der Waals surface area contributed by atoms with E-state index < -0.39 is 0 Å². The van der Waals surface area contributed by atoms with E-state index in [9.17, 15) is 0 Å². The van der Waals surface area contributed by atoms with Crippen LogP contribution in [0.3, 0.4) is 0 Å². The second-order valence-electron chi connectivity index (χ2n) is 9.52. The van der Waals surface area contributed by atoms with Crippen molar-refractivity contribution in [3.63, 3.8) is 0 Å². The van der Waals surface area contributed by atoms with Crippen molar-refractivity contribution >= 4 is 11.6 Å². The Morgan fingerprint density at radius 2 is 0.968 bits per heavy atom. The number of unbranched alkanes of at least 4 members (excludes halogenated alkanes) is 14. The Balaban J connectivity index is 0.00000900. The van der Waals surface area contributed by atoms with Gasteiger partial charge in [0, 0.05) is 5.88 Å². The van der Waals surface area contributed by atoms with Crippen LogP contribution in [-0.4, -0.2) is 0 Å². The summed E-state index contributed by atoms with van der Waals surface area (Å²) in [6.45, 7) is 9.20. The molecule has 1 rings (SSSR count). The minimum Gasteiger partial charge on any atom is -0.344 e. The van der Waals surface area contributed by atoms with E-state index in [1.54, 1.807) is 11.1 Å². The fourth-order valence-electron chi connectivity index (χ4n) is 4.76. The molecule has 0 bridgehead atoms. The minimum absolute atomic E-state index is 0. The van der Waals surface area contributed by atoms with Gasteiger partial charge in [-0.15, -0.1) is 11.6 Å². The summed E-state index contributed by atoms with van der Waals surface area (Å²) in [5.41, 5.74) is 7.60. The smallest absolute Gasteiger partial charge is 0.0476 e. The molecule has 1 aromatic carbocycles. The molecule has 2 heteroatoms. The summed E-state index contributed by atoms with van der Waals surface area (Å²) in [6.07, 6.45) is 24.7. The van der Waals surface area contributed by atoms with Crippen LogP contribution in [0.5, 0.6) is 0 Å². The summed E-state index contributed by atoms with van der Waals surface area (Å²) in [5, 5.41) is 0. The summed E-state index contributed by atoms with van der Waals surface area (Å²) in [6, 6.07) is 2.36. The van der Waals surface area contributed by atoms with E-state index in [0.717, 1.165) is 0 Å². The number of rotatable bonds is 19. The van der Waals surface area contributed by atoms with Crippen LogP contribution in [-0.2, 0) is 18.7 Å². The van der Waals surface area contributed by atoms with Crippen LogP contribution in [0.1, 0.15) is 144 Å². The highest BCUT2D eigenvalue weighted by molar-refractivity contribution is 6.17. The zero-order valence-electron chi connectivity index (χ0n) is 21.6. The van der Waals surface area contributed by atoms with Gasteiger partial charge in [-0.25, -0.2) is 0 Å². The molecule has 0 amide bonds. The van der Waals surface area contributed by atoms with E-state index in [-0.39, 0.29) is 6.15 Å². The first-order chi connectivity index (χ1) is 14.7. The summed E-state index contributed by atoms with van der Waals surface area (Å²) >= 11 is 6.38. The number of benzene rings is 1. The maximum Gasteiger partial charge on any atom is 0.0476 e. The summed E-state index contributed by atoms with van der Waals surface area (Å²) in [7, 11) is 0. The largest absolute Gasteiger partial charge is 0.344 e. The highest BCUT2D eigenvalue weighted by Crippen LogP contribution is 2.28. The van der Waals surface area contributed by atoms with E-state index in [1.807, 2.05) is 0 Å². The van der Waals surface area contributed by atoms with Crippen LogP contribution in [0.15, 0.2) is 6.07 Å². The van der Waals surface area contributed by atoms with Gasteiger partial charge in [0.2, 0.25) is 0 Å². The molecular formula is C29H54ClN. The summed E-state index contributed by atoms with van der Waals surface area (Å²) < 4.78 is 0. The first kappa shape index (κ1) is 30.5. The molecule has 0 aliphatic heterocycles. The van der Waals surface area contributed by atoms with Gasteiger partial charge in [-0.05, 0) is 67.3 Å². The van der Waals surface area contributed by atoms with E-state index in [4.69, 9.17) is 11.6 Å². The quantitative estimate of drug-likeness (QED) is 0.164. The standard InChI is InChI=1S/C29H51Cl.H3N/c1-5-7-9-11-13-15-17-19-21-28-26(4)25(3)23-27(24-30)29(28)22-20-18-16-14-12-10-8-6-2;/h23H,5-22,24H2,1-4H3;1H3. The lowest BCUT2D eigenvalue weighted by molar-refractivity contribution is 0.570. The third kappa shape index (κ3) is 12.9. The number of hydrogen-bond donors (Lipinski definition) is 1. The van der Waals surface area contributed by atoms with Gasteiger partial charge in [0.1, 0.15) is 0 Å². The molecule has 182 valence electrons. The van der Waals surface area contributed by atoms with Gasteiger partial charge in [0.25, 0.3) is 0 Å². The summed E-state index contributed by atoms with van der Waals surface area (Å²) in [5.74, 6) is 0.665. The van der Waals surface area contributed by atoms with Gasteiger partial charge in [-0.1, -0.05) is 110 Å². The number of alkyl halides is 1. The van der Waals surface area contributed by atoms with Crippen molar-refractivity contribution in [3.05, 3.63) is 33.9 Å². The van der Waals surface area contributed by atoms with Crippen LogP contribution in [0.2, 0.25) is 0 Å². The van der Waals surface area contributed by atoms with Crippen molar-refractivity contribution in [2.24, 2.45) is 0 Å². The predicted octanol–water partition coefficient (Wildman–Crippen LogP) is 10.6. The third-order valence-corrected chi connectivity index (χ3v) is 7.18. The van der Waals surface area contributed by atoms with Gasteiger partial charge in [-0.2, -0.15) is 0 Å². The van der Waals surface area contributed by atoms with Crippen LogP contribution >= 0.6 is 11.6 Å². The summed E-state index contributed by atoms with van der Waals surface area (Å²) in [4.78, 5) is 0. The lowest BCUT2D eigenvalue weighted by Crippen LogP contribution is -2.05. The van der Waals surface area contributed by atoms with Gasteiger partial charge in [0.05, 0.1) is 0 Å². The highest BCUT2D eigenvalue weighted by Gasteiger charge is 2.13. The Kier molecular flexibility index (Phi) is 19.8. The molecule has 0 unspecified atom stereocenters. The highest BCUT2D eigenvalue weighted by atomic mass is 35.5. The van der Waals surface area contributed by atoms with E-state index in [1.165, 1.54) is 132 Å². The Bertz CT molecular complexity index is 552. The van der Waals surface area contributed by atoms with Gasteiger partial charge in [0.15, 0.2) is 0 Å². The molecule has 0 saturated heterocycles. The van der Waals surface area contributed by atoms with E-state index in [0.29, 0.717) is 5.88 Å². The van der Waals surface area contributed by atoms with Crippen molar-refractivity contribution in [3.8, 4) is 0 Å². The molecule has 1 aromatic rings. The van der Waals surface area contributed by atoms with Crippen molar-refractivity contribution in [2.45, 2.75) is 149 Å². The van der Waals surface area contributed by atoms with Crippen LogP contribution in [0, 0.1) is 13.8 Å². The van der Waals surface area contributed by atoms with E-state index >= 15 is 0 Å². The average Bonchev–Trinajstić information content (AvgIpc) is 2.75. The lowest BCUT2D eigenvalue weighted by atomic mass is 9.87. The molecule has 0 spiro atoms. The fraction of sp³-hybridized carbons (Fsp3) is 0.793. The Labute approximate surface area is 200 Å². The van der Waals surface area contributed by atoms with Crippen LogP contribution < -0.4 is 6.15 Å². The fourth-order valence-corrected chi connectivity index (χ4v) is 4.99. The van der Waals surface area contributed by atoms with Gasteiger partial charge in [-0.3, -0.25) is 0 Å². The number of aryl methyl sites for hydroxylation is 1. The maximum absolute atomic E-state index is 6.38. The van der Waals surface area contributed by atoms with E-state index in [2.05, 4.69) is 33.8 Å². The average molecular weight is 452 g/mol. The molecule has 0 aliphatic rings. The lowest BCUT2D eigenvalue weighted by Gasteiger charge is -2.19. The monoisotopic (exact) mass is 451 g/mol. The molecule has 0 atom stereocenters. The van der Waals surface area contributed by atoms with Gasteiger partial charge < -0.3 is 6.15 Å². The molecular weight excluding hydrogens is 398 g/mol. The predicted molar refractivity (Wildman–Crippen MR) is 143 cm³/mol. The Morgan fingerprint density at radius 3 is 1.39 bits per heavy atom. The van der Waals surface area contributed by atoms with Crippen molar-refractivity contribution < 1.29 is 0 Å². The topological polar surface area (TPSA) is 35.0 Å². The SMILES string of the molecule is CCCCCCCCCCc1c(CCl)cc(C)c(C)c1CCCCCCCCCC.N. The number of halogens is 1. The molecule has 1 nitrogen and oxygen atoms in total. The van der Waals surface area contributed by atoms with Crippen LogP contribution in [0.25, 0.3) is 0 Å². The molecule has 0 radical (unpaired) electrons. The molecule has 3 N–H and O–H groups in total. The maximum atomic E-state index is 6.38. The van der Waals surface area contributed by atoms with Gasteiger partial charge >= 0.3 is 0 Å². The molecule has 0 fully saturated rings. The van der Waals surface area contributed by atoms with Crippen molar-refractivity contribution in [2.75, 3.05) is 0 Å². The van der Waals surface area contributed by atoms with Crippen molar-refractivity contribution in [1.29, 1.82) is 0 Å². The second kappa shape index (κ2) is 20.1. The second-order valence-corrected chi connectivity index (χ2v) is 9.79. The molecule has 31 heavy (non-hydrogen) atoms. The Morgan fingerprint density at radius 1 is 0.581 bits per heavy atom. The molecule has 0 heterocycles.